The molecule has 0 unspecified atom stereocenters. The molecular weight excluding hydrogens is 224 g/mol. The van der Waals surface area contributed by atoms with Crippen molar-refractivity contribution < 1.29 is 15.1 Å². The van der Waals surface area contributed by atoms with Gasteiger partial charge in [0.25, 0.3) is 0 Å². The van der Waals surface area contributed by atoms with Gasteiger partial charge in [-0.1, -0.05) is 13.8 Å². The number of aliphatic hydroxyl groups is 1. The van der Waals surface area contributed by atoms with Gasteiger partial charge in [0.15, 0.2) is 5.75 Å². The monoisotopic (exact) mass is 240 g/mol. The van der Waals surface area contributed by atoms with Crippen molar-refractivity contribution in [2.45, 2.75) is 25.8 Å². The Hall–Kier alpha value is -1.66. The van der Waals surface area contributed by atoms with Gasteiger partial charge in [-0.25, -0.2) is 0 Å². The zero-order chi connectivity index (χ0) is 13.2. The number of aliphatic hydroxyl groups excluding tert-OH is 1. The summed E-state index contributed by atoms with van der Waals surface area (Å²) in [4.78, 5) is 10.1. The Morgan fingerprint density at radius 1 is 1.47 bits per heavy atom. The molecule has 0 aliphatic carbocycles. The van der Waals surface area contributed by atoms with Crippen molar-refractivity contribution in [3.8, 4) is 5.75 Å². The van der Waals surface area contributed by atoms with Gasteiger partial charge in [-0.3, -0.25) is 10.1 Å². The minimum atomic E-state index is -0.826. The average Bonchev–Trinajstić information content (AvgIpc) is 2.27. The molecule has 0 aliphatic rings. The van der Waals surface area contributed by atoms with E-state index in [0.717, 1.165) is 0 Å². The lowest BCUT2D eigenvalue weighted by Gasteiger charge is -2.14. The first-order valence-corrected chi connectivity index (χ1v) is 5.26. The lowest BCUT2D eigenvalue weighted by Crippen LogP contribution is -2.15. The van der Waals surface area contributed by atoms with Crippen LogP contribution in [0.15, 0.2) is 12.1 Å². The van der Waals surface area contributed by atoms with Crippen LogP contribution in [0.3, 0.4) is 0 Å². The molecule has 0 amide bonds. The average molecular weight is 240 g/mol. The highest BCUT2D eigenvalue weighted by Gasteiger charge is 2.22. The molecule has 6 nitrogen and oxygen atoms in total. The van der Waals surface area contributed by atoms with Crippen LogP contribution in [0, 0.1) is 10.1 Å². The smallest absolute Gasteiger partial charge is 0.311 e. The van der Waals surface area contributed by atoms with Crippen LogP contribution in [-0.4, -0.2) is 21.7 Å². The Labute approximate surface area is 98.8 Å². The summed E-state index contributed by atoms with van der Waals surface area (Å²) < 4.78 is 0. The molecule has 1 atom stereocenters. The molecule has 4 N–H and O–H groups in total. The minimum absolute atomic E-state index is 0.0685. The third kappa shape index (κ3) is 2.72. The van der Waals surface area contributed by atoms with Gasteiger partial charge in [0.2, 0.25) is 0 Å². The topological polar surface area (TPSA) is 110 Å². The van der Waals surface area contributed by atoms with Gasteiger partial charge >= 0.3 is 5.69 Å². The maximum absolute atomic E-state index is 10.8. The van der Waals surface area contributed by atoms with E-state index in [2.05, 4.69) is 0 Å². The second-order valence-corrected chi connectivity index (χ2v) is 4.18. The Morgan fingerprint density at radius 2 is 2.06 bits per heavy atom. The second-order valence-electron chi connectivity index (χ2n) is 4.18. The molecule has 0 saturated heterocycles. The zero-order valence-corrected chi connectivity index (χ0v) is 9.75. The van der Waals surface area contributed by atoms with Crippen molar-refractivity contribution in [2.24, 2.45) is 5.73 Å². The number of benzene rings is 1. The van der Waals surface area contributed by atoms with Crippen molar-refractivity contribution in [2.75, 3.05) is 6.61 Å². The molecule has 94 valence electrons. The molecule has 0 heterocycles. The lowest BCUT2D eigenvalue weighted by atomic mass is 9.96. The van der Waals surface area contributed by atoms with E-state index in [1.54, 1.807) is 6.07 Å². The van der Waals surface area contributed by atoms with Gasteiger partial charge in [0, 0.05) is 11.6 Å². The Balaban J connectivity index is 3.43. The van der Waals surface area contributed by atoms with E-state index < -0.39 is 16.7 Å². The van der Waals surface area contributed by atoms with Gasteiger partial charge in [-0.15, -0.1) is 0 Å². The number of nitrogens with two attached hydrogens (primary N) is 1. The first-order chi connectivity index (χ1) is 7.88. The van der Waals surface area contributed by atoms with Crippen LogP contribution in [0.4, 0.5) is 5.69 Å². The number of hydrogen-bond donors (Lipinski definition) is 3. The number of nitro groups is 1. The summed E-state index contributed by atoms with van der Waals surface area (Å²) in [5.74, 6) is -0.403. The summed E-state index contributed by atoms with van der Waals surface area (Å²) in [5, 5.41) is 29.5. The Kier molecular flexibility index (Phi) is 4.03. The predicted octanol–water partition coefficient (Wildman–Crippen LogP) is 1.42. The van der Waals surface area contributed by atoms with Crippen molar-refractivity contribution in [3.63, 3.8) is 0 Å². The number of nitrogens with zero attached hydrogens (tertiary/aromatic N) is 1. The SMILES string of the molecule is CC(C)c1cc([C@H](N)CO)c(O)c([N+](=O)[O-])c1. The highest BCUT2D eigenvalue weighted by Crippen LogP contribution is 2.36. The maximum atomic E-state index is 10.8. The summed E-state index contributed by atoms with van der Waals surface area (Å²) in [6.07, 6.45) is 0. The van der Waals surface area contributed by atoms with Crippen molar-refractivity contribution in [3.05, 3.63) is 33.4 Å². The quantitative estimate of drug-likeness (QED) is 0.544. The van der Waals surface area contributed by atoms with Crippen molar-refractivity contribution >= 4 is 5.69 Å². The normalized spacial score (nSPS) is 12.8. The van der Waals surface area contributed by atoms with Crippen LogP contribution in [0.2, 0.25) is 0 Å². The molecule has 0 aromatic heterocycles. The van der Waals surface area contributed by atoms with Gasteiger partial charge in [0.05, 0.1) is 17.6 Å². The summed E-state index contributed by atoms with van der Waals surface area (Å²) in [6.45, 7) is 3.38. The van der Waals surface area contributed by atoms with Gasteiger partial charge in [-0.2, -0.15) is 0 Å². The maximum Gasteiger partial charge on any atom is 0.311 e. The van der Waals surface area contributed by atoms with Crippen LogP contribution in [0.25, 0.3) is 0 Å². The van der Waals surface area contributed by atoms with E-state index in [0.29, 0.717) is 5.56 Å². The van der Waals surface area contributed by atoms with E-state index in [1.165, 1.54) is 6.07 Å². The third-order valence-corrected chi connectivity index (χ3v) is 2.60. The predicted molar refractivity (Wildman–Crippen MR) is 62.9 cm³/mol. The second kappa shape index (κ2) is 5.11. The van der Waals surface area contributed by atoms with E-state index in [1.807, 2.05) is 13.8 Å². The number of phenolic OH excluding ortho intramolecular Hbond substituents is 1. The molecule has 0 fully saturated rings. The fourth-order valence-electron chi connectivity index (χ4n) is 1.52. The van der Waals surface area contributed by atoms with Crippen molar-refractivity contribution in [1.82, 2.24) is 0 Å². The highest BCUT2D eigenvalue weighted by molar-refractivity contribution is 5.55. The zero-order valence-electron chi connectivity index (χ0n) is 9.75. The molecule has 0 saturated carbocycles. The Morgan fingerprint density at radius 3 is 2.47 bits per heavy atom. The lowest BCUT2D eigenvalue weighted by molar-refractivity contribution is -0.386. The summed E-state index contributed by atoms with van der Waals surface area (Å²) in [5.41, 5.74) is 6.12. The molecule has 1 rings (SSSR count). The van der Waals surface area contributed by atoms with E-state index in [9.17, 15) is 15.2 Å². The van der Waals surface area contributed by atoms with Crippen LogP contribution in [0.5, 0.6) is 5.75 Å². The summed E-state index contributed by atoms with van der Waals surface area (Å²) >= 11 is 0. The van der Waals surface area contributed by atoms with E-state index in [-0.39, 0.29) is 23.8 Å². The van der Waals surface area contributed by atoms with Crippen molar-refractivity contribution in [1.29, 1.82) is 0 Å². The molecular formula is C11H16N2O4. The molecule has 1 aromatic carbocycles. The van der Waals surface area contributed by atoms with Crippen LogP contribution >= 0.6 is 0 Å². The van der Waals surface area contributed by atoms with Gasteiger partial charge < -0.3 is 15.9 Å². The molecule has 0 bridgehead atoms. The van der Waals surface area contributed by atoms with Crippen LogP contribution < -0.4 is 5.73 Å². The molecule has 6 heteroatoms. The first-order valence-electron chi connectivity index (χ1n) is 5.26. The summed E-state index contributed by atoms with van der Waals surface area (Å²) in [6, 6.07) is 2.09. The third-order valence-electron chi connectivity index (χ3n) is 2.60. The highest BCUT2D eigenvalue weighted by atomic mass is 16.6. The standard InChI is InChI=1S/C11H16N2O4/c1-6(2)7-3-8(9(12)5-14)11(15)10(4-7)13(16)17/h3-4,6,9,14-15H,5,12H2,1-2H3/t9-/m1/s1. The number of nitro benzene ring substituents is 1. The van der Waals surface area contributed by atoms with Crippen LogP contribution in [-0.2, 0) is 0 Å². The fraction of sp³-hybridized carbons (Fsp3) is 0.455. The summed E-state index contributed by atoms with van der Waals surface area (Å²) in [7, 11) is 0. The van der Waals surface area contributed by atoms with E-state index in [4.69, 9.17) is 10.8 Å². The van der Waals surface area contributed by atoms with Gasteiger partial charge in [0.1, 0.15) is 0 Å². The number of hydrogen-bond acceptors (Lipinski definition) is 5. The number of aromatic hydroxyl groups is 1. The molecule has 0 spiro atoms. The molecule has 1 aromatic rings. The van der Waals surface area contributed by atoms with E-state index >= 15 is 0 Å². The number of rotatable bonds is 4. The fourth-order valence-corrected chi connectivity index (χ4v) is 1.52. The first kappa shape index (κ1) is 13.4. The number of phenols is 1. The van der Waals surface area contributed by atoms with Gasteiger partial charge in [-0.05, 0) is 17.5 Å². The Bertz CT molecular complexity index is 432. The molecule has 17 heavy (non-hydrogen) atoms. The largest absolute Gasteiger partial charge is 0.502 e. The minimum Gasteiger partial charge on any atom is -0.502 e. The van der Waals surface area contributed by atoms with Crippen LogP contribution in [0.1, 0.15) is 36.9 Å². The molecule has 0 aliphatic heterocycles. The molecule has 0 radical (unpaired) electrons.